The van der Waals surface area contributed by atoms with E-state index in [0.29, 0.717) is 34.3 Å². The van der Waals surface area contributed by atoms with Crippen molar-refractivity contribution in [3.8, 4) is 74.1 Å². The van der Waals surface area contributed by atoms with Crippen LogP contribution in [0.5, 0.6) is 0 Å². The summed E-state index contributed by atoms with van der Waals surface area (Å²) >= 11 is 0. The molecule has 10 rings (SSSR count). The van der Waals surface area contributed by atoms with Crippen molar-refractivity contribution in [1.29, 1.82) is 5.26 Å². The zero-order valence-corrected chi connectivity index (χ0v) is 27.8. The molecule has 2 aromatic heterocycles. The molecule has 0 radical (unpaired) electrons. The van der Waals surface area contributed by atoms with Crippen LogP contribution in [0.2, 0.25) is 0 Å². The maximum Gasteiger partial charge on any atom is 0.164 e. The quantitative estimate of drug-likeness (QED) is 0.170. The van der Waals surface area contributed by atoms with E-state index < -0.39 is 0 Å². The van der Waals surface area contributed by atoms with Crippen LogP contribution in [0.1, 0.15) is 30.4 Å². The third kappa shape index (κ3) is 4.96. The largest absolute Gasteiger partial charge is 0.228 e. The van der Waals surface area contributed by atoms with Gasteiger partial charge < -0.3 is 0 Å². The van der Waals surface area contributed by atoms with E-state index in [0.717, 1.165) is 62.5 Å². The minimum Gasteiger partial charge on any atom is -0.228 e. The third-order valence-corrected chi connectivity index (χ3v) is 11.4. The van der Waals surface area contributed by atoms with Gasteiger partial charge in [-0.25, -0.2) is 24.9 Å². The standard InChI is InChI=1S/C45H32N6/c46-27-28-14-16-29(17-15-28)38-24-39(48-41(47-38)31-8-3-1-4-9-31)30-18-20-33(21-19-30)43-49-42(32-10-5-2-6-11-32)50-44(51-43)34-12-7-13-37(23-34)45-25-35-22-36(26-45)40(35)45/h1-21,23-24,35-36,40H,22,25-26H2. The highest BCUT2D eigenvalue weighted by Gasteiger charge is 2.71. The molecule has 3 aliphatic carbocycles. The topological polar surface area (TPSA) is 88.2 Å². The second-order valence-electron chi connectivity index (χ2n) is 14.2. The Kier molecular flexibility index (Phi) is 6.75. The first-order valence-electron chi connectivity index (χ1n) is 17.6. The van der Waals surface area contributed by atoms with Crippen molar-refractivity contribution >= 4 is 0 Å². The zero-order valence-electron chi connectivity index (χ0n) is 27.8. The van der Waals surface area contributed by atoms with Gasteiger partial charge in [-0.05, 0) is 72.3 Å². The van der Waals surface area contributed by atoms with E-state index in [2.05, 4.69) is 54.6 Å². The molecule has 2 unspecified atom stereocenters. The maximum absolute atomic E-state index is 9.32. The van der Waals surface area contributed by atoms with E-state index in [9.17, 15) is 5.26 Å². The summed E-state index contributed by atoms with van der Waals surface area (Å²) in [6.45, 7) is 0. The number of hydrogen-bond donors (Lipinski definition) is 0. The van der Waals surface area contributed by atoms with E-state index in [1.807, 2.05) is 91.0 Å². The van der Waals surface area contributed by atoms with Crippen LogP contribution in [0, 0.1) is 29.1 Å². The summed E-state index contributed by atoms with van der Waals surface area (Å²) in [7, 11) is 0. The zero-order chi connectivity index (χ0) is 33.9. The molecule has 0 saturated heterocycles. The lowest BCUT2D eigenvalue weighted by atomic mass is 9.28. The van der Waals surface area contributed by atoms with E-state index in [1.54, 1.807) is 0 Å². The molecule has 5 aromatic carbocycles. The van der Waals surface area contributed by atoms with Crippen LogP contribution in [-0.4, -0.2) is 24.9 Å². The second-order valence-corrected chi connectivity index (χ2v) is 14.2. The van der Waals surface area contributed by atoms with Crippen molar-refractivity contribution < 1.29 is 0 Å². The summed E-state index contributed by atoms with van der Waals surface area (Å²) in [6.07, 6.45) is 4.09. The fourth-order valence-corrected chi connectivity index (χ4v) is 8.88. The van der Waals surface area contributed by atoms with E-state index in [1.165, 1.54) is 24.8 Å². The smallest absolute Gasteiger partial charge is 0.164 e. The number of hydrogen-bond acceptors (Lipinski definition) is 6. The molecular formula is C45H32N6. The number of benzene rings is 5. The molecule has 51 heavy (non-hydrogen) atoms. The van der Waals surface area contributed by atoms with Crippen LogP contribution >= 0.6 is 0 Å². The molecule has 6 heteroatoms. The maximum atomic E-state index is 9.32. The lowest BCUT2D eigenvalue weighted by Crippen LogP contribution is -2.71. The van der Waals surface area contributed by atoms with Crippen molar-refractivity contribution in [3.05, 3.63) is 151 Å². The summed E-state index contributed by atoms with van der Waals surface area (Å²) in [5.74, 6) is 5.39. The highest BCUT2D eigenvalue weighted by molar-refractivity contribution is 5.74. The van der Waals surface area contributed by atoms with E-state index >= 15 is 0 Å². The molecule has 242 valence electrons. The van der Waals surface area contributed by atoms with Crippen LogP contribution < -0.4 is 0 Å². The van der Waals surface area contributed by atoms with Crippen LogP contribution in [0.25, 0.3) is 68.1 Å². The molecule has 0 N–H and O–H groups in total. The van der Waals surface area contributed by atoms with Gasteiger partial charge >= 0.3 is 0 Å². The Morgan fingerprint density at radius 3 is 1.47 bits per heavy atom. The number of aromatic nitrogens is 5. The lowest BCUT2D eigenvalue weighted by molar-refractivity contribution is -0.219. The molecule has 0 spiro atoms. The lowest BCUT2D eigenvalue weighted by Gasteiger charge is -2.76. The summed E-state index contributed by atoms with van der Waals surface area (Å²) < 4.78 is 0. The summed E-state index contributed by atoms with van der Waals surface area (Å²) in [5.41, 5.74) is 9.72. The molecule has 0 amide bonds. The van der Waals surface area contributed by atoms with Gasteiger partial charge in [0.1, 0.15) is 0 Å². The SMILES string of the molecule is N#Cc1ccc(-c2cc(-c3ccc(-c4nc(-c5ccccc5)nc(-c5cccc(C67CC8CC(C6)C87)c5)n4)cc3)nc(-c3ccccc3)n2)cc1. The van der Waals surface area contributed by atoms with Gasteiger partial charge in [0.15, 0.2) is 23.3 Å². The summed E-state index contributed by atoms with van der Waals surface area (Å²) in [4.78, 5) is 25.0. The molecule has 3 aliphatic rings. The summed E-state index contributed by atoms with van der Waals surface area (Å²) in [6, 6.07) is 49.1. The number of rotatable bonds is 7. The predicted molar refractivity (Wildman–Crippen MR) is 199 cm³/mol. The first kappa shape index (κ1) is 29.6. The van der Waals surface area contributed by atoms with Gasteiger partial charge in [-0.1, -0.05) is 115 Å². The van der Waals surface area contributed by atoms with Crippen molar-refractivity contribution in [2.24, 2.45) is 17.8 Å². The van der Waals surface area contributed by atoms with Crippen LogP contribution in [0.15, 0.2) is 140 Å². The normalized spacial score (nSPS) is 21.0. The summed E-state index contributed by atoms with van der Waals surface area (Å²) in [5, 5.41) is 9.32. The second kappa shape index (κ2) is 11.6. The fraction of sp³-hybridized carbons (Fsp3) is 0.156. The van der Waals surface area contributed by atoms with Crippen molar-refractivity contribution in [1.82, 2.24) is 24.9 Å². The predicted octanol–water partition coefficient (Wildman–Crippen LogP) is 9.83. The molecule has 3 saturated carbocycles. The Bertz CT molecular complexity index is 2460. The highest BCUT2D eigenvalue weighted by atomic mass is 15.0. The van der Waals surface area contributed by atoms with Crippen molar-refractivity contribution in [2.45, 2.75) is 24.7 Å². The molecule has 0 aliphatic heterocycles. The Morgan fingerprint density at radius 2 is 0.941 bits per heavy atom. The van der Waals surface area contributed by atoms with Crippen LogP contribution in [0.4, 0.5) is 0 Å². The molecule has 2 atom stereocenters. The molecule has 2 heterocycles. The minimum absolute atomic E-state index is 0.374. The molecule has 0 bridgehead atoms. The Balaban J connectivity index is 1.03. The Morgan fingerprint density at radius 1 is 0.471 bits per heavy atom. The van der Waals surface area contributed by atoms with Crippen LogP contribution in [-0.2, 0) is 5.41 Å². The molecule has 3 fully saturated rings. The van der Waals surface area contributed by atoms with Crippen molar-refractivity contribution in [2.75, 3.05) is 0 Å². The first-order valence-corrected chi connectivity index (χ1v) is 17.6. The Hall–Kier alpha value is -6.32. The average molecular weight is 657 g/mol. The monoisotopic (exact) mass is 656 g/mol. The third-order valence-electron chi connectivity index (χ3n) is 11.4. The van der Waals surface area contributed by atoms with Gasteiger partial charge in [-0.2, -0.15) is 5.26 Å². The molecular weight excluding hydrogens is 625 g/mol. The van der Waals surface area contributed by atoms with Gasteiger partial charge in [-0.3, -0.25) is 0 Å². The van der Waals surface area contributed by atoms with E-state index in [-0.39, 0.29) is 0 Å². The van der Waals surface area contributed by atoms with Crippen LogP contribution in [0.3, 0.4) is 0 Å². The van der Waals surface area contributed by atoms with Gasteiger partial charge in [-0.15, -0.1) is 0 Å². The molecule has 7 aromatic rings. The van der Waals surface area contributed by atoms with Gasteiger partial charge in [0.2, 0.25) is 0 Å². The average Bonchev–Trinajstić information content (AvgIpc) is 3.21. The van der Waals surface area contributed by atoms with Gasteiger partial charge in [0.05, 0.1) is 23.0 Å². The van der Waals surface area contributed by atoms with E-state index in [4.69, 9.17) is 24.9 Å². The van der Waals surface area contributed by atoms with Crippen molar-refractivity contribution in [3.63, 3.8) is 0 Å². The van der Waals surface area contributed by atoms with Gasteiger partial charge in [0.25, 0.3) is 0 Å². The number of nitrogens with zero attached hydrogens (tertiary/aromatic N) is 6. The minimum atomic E-state index is 0.374. The highest BCUT2D eigenvalue weighted by Crippen LogP contribution is 2.77. The first-order chi connectivity index (χ1) is 25.1. The number of nitriles is 1. The Labute approximate surface area is 296 Å². The van der Waals surface area contributed by atoms with Gasteiger partial charge in [0, 0.05) is 33.4 Å². The fourth-order valence-electron chi connectivity index (χ4n) is 8.88. The molecule has 6 nitrogen and oxygen atoms in total.